The number of nitrogens with zero attached hydrogens (tertiary/aromatic N) is 1. The van der Waals surface area contributed by atoms with Gasteiger partial charge in [-0.25, -0.2) is 13.1 Å². The van der Waals surface area contributed by atoms with Gasteiger partial charge >= 0.3 is 0 Å². The first-order valence-electron chi connectivity index (χ1n) is 5.83. The van der Waals surface area contributed by atoms with Crippen LogP contribution in [-0.4, -0.2) is 20.7 Å². The van der Waals surface area contributed by atoms with Crippen molar-refractivity contribution in [3.8, 4) is 5.75 Å². The third-order valence-electron chi connectivity index (χ3n) is 2.71. The van der Waals surface area contributed by atoms with Crippen LogP contribution in [0.1, 0.15) is 11.3 Å². The number of sulfonamides is 1. The highest BCUT2D eigenvalue weighted by Crippen LogP contribution is 2.22. The van der Waals surface area contributed by atoms with E-state index in [-0.39, 0.29) is 18.0 Å². The molecule has 0 atom stereocenters. The van der Waals surface area contributed by atoms with Gasteiger partial charge in [0.05, 0.1) is 24.7 Å². The number of hydrogen-bond acceptors (Lipinski definition) is 6. The fourth-order valence-corrected chi connectivity index (χ4v) is 2.71. The zero-order valence-corrected chi connectivity index (χ0v) is 11.7. The minimum atomic E-state index is -3.64. The highest BCUT2D eigenvalue weighted by molar-refractivity contribution is 7.89. The summed E-state index contributed by atoms with van der Waals surface area (Å²) in [7, 11) is -2.14. The summed E-state index contributed by atoms with van der Waals surface area (Å²) in [5, 5.41) is 3.50. The van der Waals surface area contributed by atoms with Crippen LogP contribution in [0, 0.1) is 0 Å². The summed E-state index contributed by atoms with van der Waals surface area (Å²) in [6.45, 7) is 0.223. The zero-order valence-electron chi connectivity index (χ0n) is 10.9. The average molecular weight is 297 g/mol. The van der Waals surface area contributed by atoms with Crippen LogP contribution in [0.15, 0.2) is 39.9 Å². The van der Waals surface area contributed by atoms with E-state index in [1.165, 1.54) is 25.4 Å². The summed E-state index contributed by atoms with van der Waals surface area (Å²) >= 11 is 0. The van der Waals surface area contributed by atoms with Crippen molar-refractivity contribution in [1.82, 2.24) is 9.88 Å². The van der Waals surface area contributed by atoms with E-state index in [9.17, 15) is 8.42 Å². The maximum absolute atomic E-state index is 12.1. The summed E-state index contributed by atoms with van der Waals surface area (Å²) in [5.41, 5.74) is 6.19. The van der Waals surface area contributed by atoms with E-state index in [4.69, 9.17) is 15.0 Å². The van der Waals surface area contributed by atoms with E-state index in [1.54, 1.807) is 12.1 Å². The molecule has 2 aromatic rings. The Morgan fingerprint density at radius 3 is 2.80 bits per heavy atom. The minimum Gasteiger partial charge on any atom is -0.496 e. The summed E-state index contributed by atoms with van der Waals surface area (Å²) < 4.78 is 36.6. The van der Waals surface area contributed by atoms with Gasteiger partial charge in [-0.3, -0.25) is 0 Å². The van der Waals surface area contributed by atoms with Crippen molar-refractivity contribution in [3.05, 3.63) is 41.8 Å². The Hall–Kier alpha value is -1.90. The van der Waals surface area contributed by atoms with E-state index in [2.05, 4.69) is 9.88 Å². The number of aromatic nitrogens is 1. The molecule has 0 radical (unpaired) electrons. The van der Waals surface area contributed by atoms with E-state index >= 15 is 0 Å². The molecule has 1 aromatic heterocycles. The molecular formula is C12H15N3O4S. The smallest absolute Gasteiger partial charge is 0.240 e. The molecule has 20 heavy (non-hydrogen) atoms. The Kier molecular flexibility index (Phi) is 4.38. The molecule has 0 aliphatic rings. The third-order valence-corrected chi connectivity index (χ3v) is 4.11. The molecule has 0 aliphatic heterocycles. The Balaban J connectivity index is 2.20. The first-order valence-corrected chi connectivity index (χ1v) is 7.31. The molecule has 0 fully saturated rings. The van der Waals surface area contributed by atoms with Gasteiger partial charge in [0.2, 0.25) is 10.0 Å². The Bertz CT molecular complexity index is 668. The summed E-state index contributed by atoms with van der Waals surface area (Å²) in [4.78, 5) is 0.123. The lowest BCUT2D eigenvalue weighted by atomic mass is 10.2. The van der Waals surface area contributed by atoms with Gasteiger partial charge in [-0.05, 0) is 18.2 Å². The van der Waals surface area contributed by atoms with Crippen LogP contribution in [0.4, 0.5) is 0 Å². The van der Waals surface area contributed by atoms with Gasteiger partial charge in [0.1, 0.15) is 5.75 Å². The second-order valence-electron chi connectivity index (χ2n) is 3.98. The lowest BCUT2D eigenvalue weighted by Gasteiger charge is -2.10. The SMILES string of the molecule is COc1ccc(S(=O)(=O)NCc2ccno2)cc1CN. The second kappa shape index (κ2) is 6.04. The van der Waals surface area contributed by atoms with Crippen molar-refractivity contribution in [2.24, 2.45) is 5.73 Å². The fraction of sp³-hybridized carbons (Fsp3) is 0.250. The van der Waals surface area contributed by atoms with E-state index < -0.39 is 10.0 Å². The Morgan fingerprint density at radius 1 is 1.40 bits per heavy atom. The van der Waals surface area contributed by atoms with Crippen molar-refractivity contribution in [2.75, 3.05) is 7.11 Å². The van der Waals surface area contributed by atoms with Gasteiger partial charge in [-0.1, -0.05) is 5.16 Å². The van der Waals surface area contributed by atoms with Gasteiger partial charge < -0.3 is 15.0 Å². The largest absolute Gasteiger partial charge is 0.496 e. The number of methoxy groups -OCH3 is 1. The van der Waals surface area contributed by atoms with Crippen molar-refractivity contribution in [3.63, 3.8) is 0 Å². The Morgan fingerprint density at radius 2 is 2.20 bits per heavy atom. The third kappa shape index (κ3) is 3.16. The highest BCUT2D eigenvalue weighted by atomic mass is 32.2. The maximum Gasteiger partial charge on any atom is 0.240 e. The Labute approximate surface area is 116 Å². The molecule has 3 N–H and O–H groups in total. The lowest BCUT2D eigenvalue weighted by Crippen LogP contribution is -2.23. The molecular weight excluding hydrogens is 282 g/mol. The topological polar surface area (TPSA) is 107 Å². The predicted octanol–water partition coefficient (Wildman–Crippen LogP) is 0.620. The molecule has 1 aromatic carbocycles. The van der Waals surface area contributed by atoms with Crippen LogP contribution in [0.25, 0.3) is 0 Å². The molecule has 0 aliphatic carbocycles. The van der Waals surface area contributed by atoms with E-state index in [0.717, 1.165) is 0 Å². The quantitative estimate of drug-likeness (QED) is 0.809. The van der Waals surface area contributed by atoms with E-state index in [1.807, 2.05) is 0 Å². The molecule has 7 nitrogen and oxygen atoms in total. The predicted molar refractivity (Wildman–Crippen MR) is 71.4 cm³/mol. The standard InChI is InChI=1S/C12H15N3O4S/c1-18-12-3-2-11(6-9(12)7-13)20(16,17)15-8-10-4-5-14-19-10/h2-6,15H,7-8,13H2,1H3. The summed E-state index contributed by atoms with van der Waals surface area (Å²) in [6, 6.07) is 6.11. The first kappa shape index (κ1) is 14.5. The number of ether oxygens (including phenoxy) is 1. The van der Waals surface area contributed by atoms with Gasteiger partial charge in [0, 0.05) is 18.2 Å². The van der Waals surface area contributed by atoms with Crippen LogP contribution in [0.2, 0.25) is 0 Å². The number of nitrogens with one attached hydrogen (secondary N) is 1. The van der Waals surface area contributed by atoms with Crippen LogP contribution < -0.4 is 15.2 Å². The first-order chi connectivity index (χ1) is 9.56. The minimum absolute atomic E-state index is 0.0340. The number of benzene rings is 1. The highest BCUT2D eigenvalue weighted by Gasteiger charge is 2.16. The van der Waals surface area contributed by atoms with Gasteiger partial charge in [-0.2, -0.15) is 0 Å². The van der Waals surface area contributed by atoms with Crippen LogP contribution in [0.3, 0.4) is 0 Å². The molecule has 2 rings (SSSR count). The normalized spacial score (nSPS) is 11.5. The lowest BCUT2D eigenvalue weighted by molar-refractivity contribution is 0.380. The number of hydrogen-bond donors (Lipinski definition) is 2. The van der Waals surface area contributed by atoms with E-state index in [0.29, 0.717) is 17.1 Å². The number of rotatable bonds is 6. The molecule has 0 bridgehead atoms. The van der Waals surface area contributed by atoms with Crippen molar-refractivity contribution in [1.29, 1.82) is 0 Å². The molecule has 108 valence electrons. The monoisotopic (exact) mass is 297 g/mol. The molecule has 1 heterocycles. The van der Waals surface area contributed by atoms with Crippen molar-refractivity contribution >= 4 is 10.0 Å². The van der Waals surface area contributed by atoms with Crippen molar-refractivity contribution < 1.29 is 17.7 Å². The van der Waals surface area contributed by atoms with Gasteiger partial charge in [-0.15, -0.1) is 0 Å². The average Bonchev–Trinajstić information content (AvgIpc) is 2.97. The maximum atomic E-state index is 12.1. The molecule has 0 spiro atoms. The van der Waals surface area contributed by atoms with Crippen LogP contribution in [0.5, 0.6) is 5.75 Å². The summed E-state index contributed by atoms with van der Waals surface area (Å²) in [5.74, 6) is 0.989. The zero-order chi connectivity index (χ0) is 14.6. The molecule has 0 saturated carbocycles. The number of nitrogens with two attached hydrogens (primary N) is 1. The van der Waals surface area contributed by atoms with Crippen molar-refractivity contribution in [2.45, 2.75) is 18.0 Å². The summed E-state index contributed by atoms with van der Waals surface area (Å²) in [6.07, 6.45) is 1.45. The van der Waals surface area contributed by atoms with Gasteiger partial charge in [0.15, 0.2) is 5.76 Å². The van der Waals surface area contributed by atoms with Gasteiger partial charge in [0.25, 0.3) is 0 Å². The fourth-order valence-electron chi connectivity index (χ4n) is 1.66. The second-order valence-corrected chi connectivity index (χ2v) is 5.75. The molecule has 0 amide bonds. The van der Waals surface area contributed by atoms with Crippen LogP contribution in [-0.2, 0) is 23.1 Å². The molecule has 0 saturated heterocycles. The molecule has 0 unspecified atom stereocenters. The van der Waals surface area contributed by atoms with Crippen LogP contribution >= 0.6 is 0 Å². The molecule has 8 heteroatoms.